The van der Waals surface area contributed by atoms with Crippen LogP contribution in [0.3, 0.4) is 0 Å². The first-order valence-electron chi connectivity index (χ1n) is 6.54. The lowest BCUT2D eigenvalue weighted by Gasteiger charge is -2.08. The Morgan fingerprint density at radius 1 is 1.45 bits per heavy atom. The Kier molecular flexibility index (Phi) is 4.73. The van der Waals surface area contributed by atoms with Crippen LogP contribution < -0.4 is 16.6 Å². The maximum Gasteiger partial charge on any atom is 0.251 e. The van der Waals surface area contributed by atoms with Crippen molar-refractivity contribution in [2.24, 2.45) is 5.84 Å². The molecule has 2 aromatic rings. The fourth-order valence-corrected chi connectivity index (χ4v) is 1.96. The lowest BCUT2D eigenvalue weighted by atomic mass is 10.1. The van der Waals surface area contributed by atoms with E-state index in [1.807, 2.05) is 13.0 Å². The number of H-pyrrole nitrogens is 1. The number of benzene rings is 1. The summed E-state index contributed by atoms with van der Waals surface area (Å²) in [6.07, 6.45) is 5.19. The van der Waals surface area contributed by atoms with E-state index < -0.39 is 0 Å². The first kappa shape index (κ1) is 14.1. The molecule has 1 aromatic carbocycles. The topological polar surface area (TPSA) is 95.8 Å². The van der Waals surface area contributed by atoms with Crippen molar-refractivity contribution in [1.82, 2.24) is 15.3 Å². The van der Waals surface area contributed by atoms with Crippen LogP contribution in [0, 0.1) is 6.92 Å². The van der Waals surface area contributed by atoms with E-state index in [0.29, 0.717) is 12.1 Å². The summed E-state index contributed by atoms with van der Waals surface area (Å²) in [4.78, 5) is 19.1. The van der Waals surface area contributed by atoms with Crippen LogP contribution in [0.25, 0.3) is 0 Å². The fourth-order valence-electron chi connectivity index (χ4n) is 1.96. The number of aromatic amines is 1. The van der Waals surface area contributed by atoms with Crippen molar-refractivity contribution in [2.75, 3.05) is 12.0 Å². The van der Waals surface area contributed by atoms with Crippen molar-refractivity contribution in [3.63, 3.8) is 0 Å². The number of imidazole rings is 1. The van der Waals surface area contributed by atoms with Crippen molar-refractivity contribution >= 4 is 11.6 Å². The Balaban J connectivity index is 1.81. The van der Waals surface area contributed by atoms with Gasteiger partial charge in [-0.3, -0.25) is 10.6 Å². The van der Waals surface area contributed by atoms with Gasteiger partial charge in [-0.25, -0.2) is 4.98 Å². The smallest absolute Gasteiger partial charge is 0.251 e. The summed E-state index contributed by atoms with van der Waals surface area (Å²) in [6.45, 7) is 2.53. The van der Waals surface area contributed by atoms with Crippen molar-refractivity contribution < 1.29 is 4.79 Å². The number of anilines is 1. The maximum atomic E-state index is 12.0. The highest BCUT2D eigenvalue weighted by molar-refractivity contribution is 5.94. The van der Waals surface area contributed by atoms with Crippen LogP contribution in [-0.2, 0) is 6.42 Å². The van der Waals surface area contributed by atoms with Crippen LogP contribution in [0.4, 0.5) is 5.69 Å². The largest absolute Gasteiger partial charge is 0.352 e. The van der Waals surface area contributed by atoms with Crippen LogP contribution >= 0.6 is 0 Å². The number of nitrogens with zero attached hydrogens (tertiary/aromatic N) is 1. The molecule has 0 unspecified atom stereocenters. The minimum absolute atomic E-state index is 0.0730. The van der Waals surface area contributed by atoms with Crippen LogP contribution in [-0.4, -0.2) is 22.4 Å². The second-order valence-electron chi connectivity index (χ2n) is 4.57. The summed E-state index contributed by atoms with van der Waals surface area (Å²) in [7, 11) is 0. The van der Waals surface area contributed by atoms with E-state index >= 15 is 0 Å². The minimum Gasteiger partial charge on any atom is -0.352 e. The Bertz CT molecular complexity index is 565. The molecule has 0 radical (unpaired) electrons. The lowest BCUT2D eigenvalue weighted by molar-refractivity contribution is 0.0953. The molecular weight excluding hydrogens is 254 g/mol. The third kappa shape index (κ3) is 3.58. The second kappa shape index (κ2) is 6.72. The number of nitrogens with two attached hydrogens (primary N) is 1. The van der Waals surface area contributed by atoms with Gasteiger partial charge in [0.05, 0.1) is 5.69 Å². The normalized spacial score (nSPS) is 10.3. The third-order valence-corrected chi connectivity index (χ3v) is 3.07. The molecule has 0 saturated carbocycles. The van der Waals surface area contributed by atoms with E-state index in [9.17, 15) is 4.79 Å². The van der Waals surface area contributed by atoms with Gasteiger partial charge in [0.15, 0.2) is 0 Å². The minimum atomic E-state index is -0.0730. The first-order chi connectivity index (χ1) is 9.70. The Hall–Kier alpha value is -2.34. The summed E-state index contributed by atoms with van der Waals surface area (Å²) in [5.74, 6) is 6.23. The number of rotatable bonds is 6. The molecule has 0 aliphatic heterocycles. The molecule has 2 rings (SSSR count). The quantitative estimate of drug-likeness (QED) is 0.363. The molecule has 1 amide bonds. The summed E-state index contributed by atoms with van der Waals surface area (Å²) in [5, 5.41) is 2.89. The zero-order chi connectivity index (χ0) is 14.4. The average molecular weight is 273 g/mol. The standard InChI is InChI=1S/C14H19N5O/c1-10-9-11(4-5-12(10)19-15)14(20)18-6-2-3-13-16-7-8-17-13/h4-5,7-9,19H,2-3,6,15H2,1H3,(H,16,17)(H,18,20). The molecule has 1 aromatic heterocycles. The number of nitrogen functional groups attached to an aromatic ring is 1. The maximum absolute atomic E-state index is 12.0. The molecule has 106 valence electrons. The van der Waals surface area contributed by atoms with Gasteiger partial charge in [-0.1, -0.05) is 0 Å². The first-order valence-corrected chi connectivity index (χ1v) is 6.54. The summed E-state index contributed by atoms with van der Waals surface area (Å²) >= 11 is 0. The monoisotopic (exact) mass is 273 g/mol. The fraction of sp³-hybridized carbons (Fsp3) is 0.286. The lowest BCUT2D eigenvalue weighted by Crippen LogP contribution is -2.25. The zero-order valence-electron chi connectivity index (χ0n) is 11.4. The van der Waals surface area contributed by atoms with Gasteiger partial charge in [-0.05, 0) is 37.1 Å². The molecular formula is C14H19N5O. The predicted octanol–water partition coefficient (Wildman–Crippen LogP) is 1.37. The summed E-state index contributed by atoms with van der Waals surface area (Å²) in [5.41, 5.74) is 4.98. The molecule has 0 fully saturated rings. The molecule has 20 heavy (non-hydrogen) atoms. The average Bonchev–Trinajstić information content (AvgIpc) is 2.96. The number of aromatic nitrogens is 2. The molecule has 0 spiro atoms. The van der Waals surface area contributed by atoms with E-state index in [2.05, 4.69) is 20.7 Å². The van der Waals surface area contributed by atoms with Gasteiger partial charge in [-0.15, -0.1) is 0 Å². The zero-order valence-corrected chi connectivity index (χ0v) is 11.4. The Labute approximate surface area is 117 Å². The molecule has 6 heteroatoms. The summed E-state index contributed by atoms with van der Waals surface area (Å²) < 4.78 is 0. The number of hydrogen-bond acceptors (Lipinski definition) is 4. The number of nitrogens with one attached hydrogen (secondary N) is 3. The molecule has 1 heterocycles. The van der Waals surface area contributed by atoms with Crippen molar-refractivity contribution in [3.8, 4) is 0 Å². The number of amides is 1. The molecule has 0 bridgehead atoms. The van der Waals surface area contributed by atoms with Gasteiger partial charge in [0.2, 0.25) is 0 Å². The van der Waals surface area contributed by atoms with Gasteiger partial charge in [0.25, 0.3) is 5.91 Å². The van der Waals surface area contributed by atoms with E-state index in [-0.39, 0.29) is 5.91 Å². The number of hydrogen-bond donors (Lipinski definition) is 4. The van der Waals surface area contributed by atoms with E-state index in [0.717, 1.165) is 29.9 Å². The van der Waals surface area contributed by atoms with E-state index in [4.69, 9.17) is 5.84 Å². The molecule has 6 nitrogen and oxygen atoms in total. The van der Waals surface area contributed by atoms with E-state index in [1.54, 1.807) is 24.5 Å². The van der Waals surface area contributed by atoms with Crippen LogP contribution in [0.1, 0.15) is 28.2 Å². The van der Waals surface area contributed by atoms with Crippen LogP contribution in [0.5, 0.6) is 0 Å². The van der Waals surface area contributed by atoms with Crippen molar-refractivity contribution in [3.05, 3.63) is 47.5 Å². The highest BCUT2D eigenvalue weighted by atomic mass is 16.1. The van der Waals surface area contributed by atoms with Gasteiger partial charge in [-0.2, -0.15) is 0 Å². The molecule has 5 N–H and O–H groups in total. The Morgan fingerprint density at radius 2 is 2.30 bits per heavy atom. The highest BCUT2D eigenvalue weighted by Crippen LogP contribution is 2.15. The molecule has 0 saturated heterocycles. The van der Waals surface area contributed by atoms with Crippen LogP contribution in [0.15, 0.2) is 30.6 Å². The second-order valence-corrected chi connectivity index (χ2v) is 4.57. The highest BCUT2D eigenvalue weighted by Gasteiger charge is 2.06. The van der Waals surface area contributed by atoms with Gasteiger partial charge in [0, 0.05) is 30.9 Å². The van der Waals surface area contributed by atoms with Crippen molar-refractivity contribution in [2.45, 2.75) is 19.8 Å². The van der Waals surface area contributed by atoms with Gasteiger partial charge < -0.3 is 15.7 Å². The van der Waals surface area contributed by atoms with Gasteiger partial charge in [0.1, 0.15) is 5.82 Å². The van der Waals surface area contributed by atoms with E-state index in [1.165, 1.54) is 0 Å². The molecule has 0 aliphatic rings. The SMILES string of the molecule is Cc1cc(C(=O)NCCCc2ncc[nH]2)ccc1NN. The van der Waals surface area contributed by atoms with Crippen molar-refractivity contribution in [1.29, 1.82) is 0 Å². The number of carbonyl (C=O) groups excluding carboxylic acids is 1. The van der Waals surface area contributed by atoms with Crippen LogP contribution in [0.2, 0.25) is 0 Å². The van der Waals surface area contributed by atoms with Gasteiger partial charge >= 0.3 is 0 Å². The molecule has 0 atom stereocenters. The number of carbonyl (C=O) groups is 1. The Morgan fingerprint density at radius 3 is 2.95 bits per heavy atom. The third-order valence-electron chi connectivity index (χ3n) is 3.07. The summed E-state index contributed by atoms with van der Waals surface area (Å²) in [6, 6.07) is 5.37. The molecule has 0 aliphatic carbocycles. The predicted molar refractivity (Wildman–Crippen MR) is 78.2 cm³/mol. The number of aryl methyl sites for hydroxylation is 2. The number of hydrazine groups is 1.